The number of esters is 2. The Kier molecular flexibility index (Phi) is 76.7. The van der Waals surface area contributed by atoms with Gasteiger partial charge in [-0.1, -0.05) is 429 Å². The highest BCUT2D eigenvalue weighted by Gasteiger charge is 2.16. The van der Waals surface area contributed by atoms with Crippen LogP contribution in [0, 0.1) is 0 Å². The van der Waals surface area contributed by atoms with Gasteiger partial charge in [0.15, 0.2) is 6.10 Å². The van der Waals surface area contributed by atoms with Gasteiger partial charge in [-0.15, -0.1) is 0 Å². The second-order valence-electron chi connectivity index (χ2n) is 27.5. The number of rotatable bonds is 76. The lowest BCUT2D eigenvalue weighted by Crippen LogP contribution is -2.28. The summed E-state index contributed by atoms with van der Waals surface area (Å²) in [6.45, 7) is 4.21. The van der Waals surface area contributed by atoms with Crippen LogP contribution in [0.4, 0.5) is 0 Å². The molecule has 0 aliphatic rings. The minimum Gasteiger partial charge on any atom is -0.462 e. The molecule has 0 rings (SSSR count). The quantitative estimate of drug-likeness (QED) is 0.0373. The van der Waals surface area contributed by atoms with Crippen LogP contribution in [-0.2, 0) is 19.1 Å². The lowest BCUT2D eigenvalue weighted by molar-refractivity contribution is -0.161. The van der Waals surface area contributed by atoms with Crippen molar-refractivity contribution in [1.82, 2.24) is 0 Å². The average Bonchev–Trinajstić information content (AvgIpc) is 3.53. The second kappa shape index (κ2) is 78.4. The van der Waals surface area contributed by atoms with E-state index in [0.717, 1.165) is 44.9 Å². The summed E-state index contributed by atoms with van der Waals surface area (Å²) < 4.78 is 10.8. The molecule has 514 valence electrons. The largest absolute Gasteiger partial charge is 0.462 e. The molecule has 0 fully saturated rings. The smallest absolute Gasteiger partial charge is 0.306 e. The first kappa shape index (κ1) is 85.1. The summed E-state index contributed by atoms with van der Waals surface area (Å²) in [6, 6.07) is 0. The Morgan fingerprint density at radius 1 is 0.264 bits per heavy atom. The summed E-state index contributed by atoms with van der Waals surface area (Å²) in [6.07, 6.45) is 105. The van der Waals surface area contributed by atoms with Crippen LogP contribution in [0.5, 0.6) is 0 Å². The lowest BCUT2D eigenvalue weighted by Gasteiger charge is -2.15. The fourth-order valence-electron chi connectivity index (χ4n) is 12.7. The van der Waals surface area contributed by atoms with Crippen molar-refractivity contribution in [1.29, 1.82) is 0 Å². The van der Waals surface area contributed by atoms with Crippen molar-refractivity contribution in [2.45, 2.75) is 463 Å². The first-order valence-corrected chi connectivity index (χ1v) is 40.0. The highest BCUT2D eigenvalue weighted by atomic mass is 16.6. The van der Waals surface area contributed by atoms with Crippen molar-refractivity contribution in [2.75, 3.05) is 13.2 Å². The van der Waals surface area contributed by atoms with E-state index in [9.17, 15) is 14.7 Å². The van der Waals surface area contributed by atoms with Gasteiger partial charge >= 0.3 is 11.9 Å². The zero-order valence-electron chi connectivity index (χ0n) is 59.3. The van der Waals surface area contributed by atoms with Crippen LogP contribution in [0.1, 0.15) is 457 Å². The zero-order valence-corrected chi connectivity index (χ0v) is 59.3. The normalized spacial score (nSPS) is 12.3. The van der Waals surface area contributed by atoms with Gasteiger partial charge in [-0.05, 0) is 51.4 Å². The van der Waals surface area contributed by atoms with Crippen LogP contribution in [0.15, 0.2) is 36.5 Å². The van der Waals surface area contributed by atoms with E-state index >= 15 is 0 Å². The van der Waals surface area contributed by atoms with E-state index in [-0.39, 0.29) is 25.2 Å². The molecule has 1 N–H and O–H groups in total. The predicted molar refractivity (Wildman–Crippen MR) is 385 cm³/mol. The van der Waals surface area contributed by atoms with Crippen LogP contribution in [0.3, 0.4) is 0 Å². The summed E-state index contributed by atoms with van der Waals surface area (Å²) in [7, 11) is 0. The fourth-order valence-corrected chi connectivity index (χ4v) is 12.7. The summed E-state index contributed by atoms with van der Waals surface area (Å²) in [5.74, 6) is -0.560. The number of carbonyl (C=O) groups is 2. The standard InChI is InChI=1S/C82H156O5/c1-3-5-7-9-11-13-15-17-19-21-23-25-27-29-31-33-35-37-38-39-40-41-42-43-44-45-47-49-51-53-55-57-59-61-63-65-67-69-71-73-75-77-82(85)87-80(78-83)79-86-81(84)76-74-72-70-68-66-64-62-60-58-56-54-52-50-48-46-36-34-32-30-28-26-24-22-20-18-16-14-12-10-8-6-4-2/h15,17,21,23,27,29,80,83H,3-14,16,18-20,22,24-26,28,30-79H2,1-2H3/b17-15-,23-21-,29-27-. The van der Waals surface area contributed by atoms with Gasteiger partial charge < -0.3 is 14.6 Å². The zero-order chi connectivity index (χ0) is 62.6. The number of allylic oxidation sites excluding steroid dienone is 6. The summed E-state index contributed by atoms with van der Waals surface area (Å²) in [5, 5.41) is 9.73. The summed E-state index contributed by atoms with van der Waals surface area (Å²) in [4.78, 5) is 24.7. The van der Waals surface area contributed by atoms with Crippen molar-refractivity contribution in [3.05, 3.63) is 36.5 Å². The highest BCUT2D eigenvalue weighted by Crippen LogP contribution is 2.20. The molecule has 87 heavy (non-hydrogen) atoms. The number of ether oxygens (including phenoxy) is 2. The third-order valence-electron chi connectivity index (χ3n) is 18.7. The van der Waals surface area contributed by atoms with E-state index in [4.69, 9.17) is 9.47 Å². The van der Waals surface area contributed by atoms with Crippen LogP contribution in [0.2, 0.25) is 0 Å². The molecule has 0 spiro atoms. The Morgan fingerprint density at radius 2 is 0.460 bits per heavy atom. The molecule has 5 heteroatoms. The van der Waals surface area contributed by atoms with E-state index < -0.39 is 6.10 Å². The third kappa shape index (κ3) is 76.5. The monoisotopic (exact) mass is 1220 g/mol. The lowest BCUT2D eigenvalue weighted by atomic mass is 10.0. The van der Waals surface area contributed by atoms with Gasteiger partial charge in [0.25, 0.3) is 0 Å². The van der Waals surface area contributed by atoms with Crippen molar-refractivity contribution < 1.29 is 24.2 Å². The molecule has 0 aliphatic heterocycles. The average molecular weight is 1220 g/mol. The number of hydrogen-bond acceptors (Lipinski definition) is 5. The molecule has 0 aromatic heterocycles. The molecule has 0 heterocycles. The number of unbranched alkanes of at least 4 members (excludes halogenated alkanes) is 62. The number of aliphatic hydroxyl groups excluding tert-OH is 1. The first-order valence-electron chi connectivity index (χ1n) is 40.0. The van der Waals surface area contributed by atoms with Crippen LogP contribution < -0.4 is 0 Å². The molecule has 1 unspecified atom stereocenters. The predicted octanol–water partition coefficient (Wildman–Crippen LogP) is 28.1. The minimum absolute atomic E-state index is 0.0574. The van der Waals surface area contributed by atoms with E-state index in [1.807, 2.05) is 0 Å². The second-order valence-corrected chi connectivity index (χ2v) is 27.5. The van der Waals surface area contributed by atoms with Crippen molar-refractivity contribution in [2.24, 2.45) is 0 Å². The summed E-state index contributed by atoms with van der Waals surface area (Å²) >= 11 is 0. The maximum atomic E-state index is 12.4. The Hall–Kier alpha value is -1.88. The molecule has 0 aliphatic carbocycles. The molecule has 0 bridgehead atoms. The molecule has 5 nitrogen and oxygen atoms in total. The molecule has 0 radical (unpaired) electrons. The van der Waals surface area contributed by atoms with E-state index in [1.54, 1.807) is 0 Å². The van der Waals surface area contributed by atoms with Crippen molar-refractivity contribution in [3.63, 3.8) is 0 Å². The van der Waals surface area contributed by atoms with Crippen molar-refractivity contribution >= 4 is 11.9 Å². The minimum atomic E-state index is -0.769. The molecular formula is C82H156O5. The number of aliphatic hydroxyl groups is 1. The fraction of sp³-hybridized carbons (Fsp3) is 0.902. The van der Waals surface area contributed by atoms with Gasteiger partial charge in [0, 0.05) is 12.8 Å². The third-order valence-corrected chi connectivity index (χ3v) is 18.7. The van der Waals surface area contributed by atoms with E-state index in [0.29, 0.717) is 12.8 Å². The van der Waals surface area contributed by atoms with Gasteiger partial charge in [-0.2, -0.15) is 0 Å². The van der Waals surface area contributed by atoms with Gasteiger partial charge in [-0.3, -0.25) is 9.59 Å². The molecule has 0 aromatic rings. The molecule has 0 saturated carbocycles. The van der Waals surface area contributed by atoms with Crippen LogP contribution >= 0.6 is 0 Å². The maximum absolute atomic E-state index is 12.4. The van der Waals surface area contributed by atoms with Gasteiger partial charge in [-0.25, -0.2) is 0 Å². The molecule has 0 saturated heterocycles. The van der Waals surface area contributed by atoms with Crippen molar-refractivity contribution in [3.8, 4) is 0 Å². The highest BCUT2D eigenvalue weighted by molar-refractivity contribution is 5.70. The molecular weight excluding hydrogens is 1060 g/mol. The number of hydrogen-bond donors (Lipinski definition) is 1. The topological polar surface area (TPSA) is 72.8 Å². The molecule has 1 atom stereocenters. The summed E-state index contributed by atoms with van der Waals surface area (Å²) in [5.41, 5.74) is 0. The maximum Gasteiger partial charge on any atom is 0.306 e. The van der Waals surface area contributed by atoms with E-state index in [1.165, 1.54) is 385 Å². The van der Waals surface area contributed by atoms with Gasteiger partial charge in [0.2, 0.25) is 0 Å². The van der Waals surface area contributed by atoms with E-state index in [2.05, 4.69) is 50.3 Å². The Bertz CT molecular complexity index is 1390. The first-order chi connectivity index (χ1) is 43.1. The Balaban J connectivity index is 3.35. The van der Waals surface area contributed by atoms with Crippen LogP contribution in [0.25, 0.3) is 0 Å². The van der Waals surface area contributed by atoms with Crippen LogP contribution in [-0.4, -0.2) is 36.4 Å². The van der Waals surface area contributed by atoms with Gasteiger partial charge in [0.05, 0.1) is 6.61 Å². The molecule has 0 amide bonds. The SMILES string of the molecule is CCCCCCC/C=C\C/C=C\C/C=C\CCCCCCCCCCCCCCCCCCCCCCCCCCCCC(=O)OC(CO)COC(=O)CCCCCCCCCCCCCCCCCCCCCCCCCCCCCCCCCC. The van der Waals surface area contributed by atoms with Gasteiger partial charge in [0.1, 0.15) is 6.61 Å². The Morgan fingerprint density at radius 3 is 0.690 bits per heavy atom. The Labute approximate surface area is 546 Å². The number of carbonyl (C=O) groups excluding carboxylic acids is 2. The molecule has 0 aromatic carbocycles.